The van der Waals surface area contributed by atoms with Gasteiger partial charge < -0.3 is 5.32 Å². The van der Waals surface area contributed by atoms with Crippen molar-refractivity contribution in [1.82, 2.24) is 14.5 Å². The largest absolute Gasteiger partial charge is 0.331 e. The van der Waals surface area contributed by atoms with Crippen LogP contribution in [0.1, 0.15) is 12.0 Å². The van der Waals surface area contributed by atoms with Crippen molar-refractivity contribution in [2.45, 2.75) is 19.9 Å². The van der Waals surface area contributed by atoms with Gasteiger partial charge in [0.05, 0.1) is 10.9 Å². The molecule has 0 bridgehead atoms. The number of nitrogens with one attached hydrogen (secondary N) is 1. The van der Waals surface area contributed by atoms with Crippen LogP contribution in [0, 0.1) is 12.8 Å². The second kappa shape index (κ2) is 4.90. The molecule has 0 amide bonds. The third-order valence-electron chi connectivity index (χ3n) is 4.17. The second-order valence-corrected chi connectivity index (χ2v) is 5.59. The van der Waals surface area contributed by atoms with Crippen molar-refractivity contribution in [2.24, 2.45) is 13.0 Å². The van der Waals surface area contributed by atoms with Crippen LogP contribution in [0.4, 0.5) is 0 Å². The first-order valence-corrected chi connectivity index (χ1v) is 6.99. The van der Waals surface area contributed by atoms with Gasteiger partial charge in [0.25, 0.3) is 5.56 Å². The Balaban J connectivity index is 2.23. The molecule has 1 fully saturated rings. The molecule has 0 saturated carbocycles. The van der Waals surface area contributed by atoms with E-state index in [9.17, 15) is 9.59 Å². The van der Waals surface area contributed by atoms with Crippen molar-refractivity contribution in [1.29, 1.82) is 0 Å². The predicted molar refractivity (Wildman–Crippen MR) is 79.2 cm³/mol. The summed E-state index contributed by atoms with van der Waals surface area (Å²) in [5, 5.41) is 3.89. The highest BCUT2D eigenvalue weighted by molar-refractivity contribution is 5.81. The van der Waals surface area contributed by atoms with Gasteiger partial charge in [-0.3, -0.25) is 13.9 Å². The molecule has 1 saturated heterocycles. The van der Waals surface area contributed by atoms with Crippen LogP contribution in [0.5, 0.6) is 0 Å². The van der Waals surface area contributed by atoms with E-state index in [1.807, 2.05) is 19.1 Å². The van der Waals surface area contributed by atoms with Gasteiger partial charge in [0.1, 0.15) is 0 Å². The molecule has 5 heteroatoms. The van der Waals surface area contributed by atoms with Crippen molar-refractivity contribution in [2.75, 3.05) is 13.1 Å². The summed E-state index contributed by atoms with van der Waals surface area (Å²) in [5.74, 6) is 0.364. The number of aromatic nitrogens is 2. The highest BCUT2D eigenvalue weighted by Crippen LogP contribution is 2.13. The fourth-order valence-electron chi connectivity index (χ4n) is 3.08. The molecule has 1 aromatic heterocycles. The molecule has 0 aliphatic carbocycles. The minimum atomic E-state index is -0.219. The molecule has 2 heterocycles. The van der Waals surface area contributed by atoms with Crippen molar-refractivity contribution in [3.63, 3.8) is 0 Å². The van der Waals surface area contributed by atoms with E-state index in [2.05, 4.69) is 5.32 Å². The number of fused-ring (bicyclic) bond motifs is 1. The second-order valence-electron chi connectivity index (χ2n) is 5.59. The molecule has 20 heavy (non-hydrogen) atoms. The number of rotatable bonds is 2. The van der Waals surface area contributed by atoms with E-state index in [0.29, 0.717) is 17.8 Å². The maximum Gasteiger partial charge on any atom is 0.331 e. The molecular weight excluding hydrogens is 254 g/mol. The lowest BCUT2D eigenvalue weighted by Crippen LogP contribution is -2.41. The Morgan fingerprint density at radius 1 is 1.35 bits per heavy atom. The summed E-state index contributed by atoms with van der Waals surface area (Å²) < 4.78 is 2.98. The Kier molecular flexibility index (Phi) is 3.22. The van der Waals surface area contributed by atoms with Crippen LogP contribution < -0.4 is 16.6 Å². The summed E-state index contributed by atoms with van der Waals surface area (Å²) in [6, 6.07) is 5.59. The van der Waals surface area contributed by atoms with E-state index in [1.165, 1.54) is 4.57 Å². The van der Waals surface area contributed by atoms with E-state index in [4.69, 9.17) is 0 Å². The van der Waals surface area contributed by atoms with Gasteiger partial charge in [0, 0.05) is 13.6 Å². The highest BCUT2D eigenvalue weighted by Gasteiger charge is 2.19. The molecule has 1 N–H and O–H groups in total. The predicted octanol–water partition coefficient (Wildman–Crippen LogP) is 0.618. The average Bonchev–Trinajstić information content (AvgIpc) is 2.94. The van der Waals surface area contributed by atoms with E-state index >= 15 is 0 Å². The van der Waals surface area contributed by atoms with E-state index in [1.54, 1.807) is 17.7 Å². The van der Waals surface area contributed by atoms with Gasteiger partial charge in [-0.05, 0) is 44.0 Å². The van der Waals surface area contributed by atoms with Crippen LogP contribution in [-0.2, 0) is 13.6 Å². The van der Waals surface area contributed by atoms with Crippen LogP contribution in [-0.4, -0.2) is 22.2 Å². The SMILES string of the molecule is Cc1cccc2c(=O)n(CC3CCNC3)c(=O)n(C)c12. The molecule has 1 aliphatic heterocycles. The van der Waals surface area contributed by atoms with Crippen LogP contribution in [0.15, 0.2) is 27.8 Å². The van der Waals surface area contributed by atoms with Gasteiger partial charge in [0.2, 0.25) is 0 Å². The minimum absolute atomic E-state index is 0.168. The molecule has 1 unspecified atom stereocenters. The molecule has 0 spiro atoms. The Bertz CT molecular complexity index is 767. The molecule has 5 nitrogen and oxygen atoms in total. The molecule has 3 rings (SSSR count). The third kappa shape index (κ3) is 1.98. The summed E-state index contributed by atoms with van der Waals surface area (Å²) in [6.45, 7) is 4.27. The lowest BCUT2D eigenvalue weighted by atomic mass is 10.1. The van der Waals surface area contributed by atoms with Gasteiger partial charge in [-0.25, -0.2) is 4.79 Å². The summed E-state index contributed by atoms with van der Waals surface area (Å²) in [4.78, 5) is 25.0. The smallest absolute Gasteiger partial charge is 0.316 e. The fraction of sp³-hybridized carbons (Fsp3) is 0.467. The normalized spacial score (nSPS) is 18.8. The lowest BCUT2D eigenvalue weighted by Gasteiger charge is -2.14. The first kappa shape index (κ1) is 13.1. The number of nitrogens with zero attached hydrogens (tertiary/aromatic N) is 2. The summed E-state index contributed by atoms with van der Waals surface area (Å²) in [7, 11) is 1.74. The van der Waals surface area contributed by atoms with E-state index < -0.39 is 0 Å². The van der Waals surface area contributed by atoms with Crippen LogP contribution >= 0.6 is 0 Å². The number of hydrogen-bond acceptors (Lipinski definition) is 3. The molecular formula is C15H19N3O2. The topological polar surface area (TPSA) is 56.0 Å². The number of para-hydroxylation sites is 1. The Morgan fingerprint density at radius 2 is 2.15 bits per heavy atom. The van der Waals surface area contributed by atoms with Crippen molar-refractivity contribution in [3.05, 3.63) is 44.6 Å². The van der Waals surface area contributed by atoms with Gasteiger partial charge in [-0.15, -0.1) is 0 Å². The average molecular weight is 273 g/mol. The summed E-state index contributed by atoms with van der Waals surface area (Å²) >= 11 is 0. The van der Waals surface area contributed by atoms with E-state index in [-0.39, 0.29) is 11.2 Å². The number of benzene rings is 1. The zero-order chi connectivity index (χ0) is 14.3. The molecule has 1 aliphatic rings. The minimum Gasteiger partial charge on any atom is -0.316 e. The van der Waals surface area contributed by atoms with Crippen molar-refractivity contribution in [3.8, 4) is 0 Å². The maximum atomic E-state index is 12.6. The zero-order valence-corrected chi connectivity index (χ0v) is 11.8. The van der Waals surface area contributed by atoms with Gasteiger partial charge in [-0.1, -0.05) is 12.1 Å². The summed E-state index contributed by atoms with van der Waals surface area (Å²) in [5.41, 5.74) is 1.31. The molecule has 1 aromatic carbocycles. The van der Waals surface area contributed by atoms with Crippen molar-refractivity contribution >= 4 is 10.9 Å². The Labute approximate surface area is 116 Å². The van der Waals surface area contributed by atoms with Gasteiger partial charge >= 0.3 is 5.69 Å². The molecule has 0 radical (unpaired) electrons. The zero-order valence-electron chi connectivity index (χ0n) is 11.8. The van der Waals surface area contributed by atoms with Crippen molar-refractivity contribution < 1.29 is 0 Å². The summed E-state index contributed by atoms with van der Waals surface area (Å²) in [6.07, 6.45) is 1.02. The Morgan fingerprint density at radius 3 is 2.85 bits per heavy atom. The Hall–Kier alpha value is -1.88. The number of aryl methyl sites for hydroxylation is 2. The van der Waals surface area contributed by atoms with Gasteiger partial charge in [-0.2, -0.15) is 0 Å². The molecule has 1 atom stereocenters. The fourth-order valence-corrected chi connectivity index (χ4v) is 3.08. The van der Waals surface area contributed by atoms with Gasteiger partial charge in [0.15, 0.2) is 0 Å². The first-order chi connectivity index (χ1) is 9.59. The lowest BCUT2D eigenvalue weighted by molar-refractivity contribution is 0.452. The van der Waals surface area contributed by atoms with E-state index in [0.717, 1.165) is 30.6 Å². The number of hydrogen-bond donors (Lipinski definition) is 1. The molecule has 2 aromatic rings. The monoisotopic (exact) mass is 273 g/mol. The highest BCUT2D eigenvalue weighted by atomic mass is 16.2. The molecule has 106 valence electrons. The maximum absolute atomic E-state index is 12.6. The van der Waals surface area contributed by atoms with Crippen LogP contribution in [0.2, 0.25) is 0 Å². The van der Waals surface area contributed by atoms with Crippen LogP contribution in [0.25, 0.3) is 10.9 Å². The first-order valence-electron chi connectivity index (χ1n) is 6.99. The quantitative estimate of drug-likeness (QED) is 0.872. The third-order valence-corrected chi connectivity index (χ3v) is 4.17. The standard InChI is InChI=1S/C15H19N3O2/c1-10-4-3-5-12-13(10)17(2)15(20)18(14(12)19)9-11-6-7-16-8-11/h3-5,11,16H,6-9H2,1-2H3. The van der Waals surface area contributed by atoms with Crippen LogP contribution in [0.3, 0.4) is 0 Å².